The Labute approximate surface area is 144 Å². The summed E-state index contributed by atoms with van der Waals surface area (Å²) in [5, 5.41) is 13.7. The minimum absolute atomic E-state index is 0.195. The fourth-order valence-electron chi connectivity index (χ4n) is 2.19. The molecular weight excluding hydrogens is 324 g/mol. The summed E-state index contributed by atoms with van der Waals surface area (Å²) < 4.78 is 5.08. The van der Waals surface area contributed by atoms with Crippen molar-refractivity contribution in [1.29, 1.82) is 0 Å². The van der Waals surface area contributed by atoms with Gasteiger partial charge in [0.25, 0.3) is 11.6 Å². The van der Waals surface area contributed by atoms with Crippen molar-refractivity contribution < 1.29 is 19.2 Å². The van der Waals surface area contributed by atoms with E-state index in [1.54, 1.807) is 0 Å². The molecule has 1 atom stereocenters. The smallest absolute Gasteiger partial charge is 0.345 e. The molecule has 2 aromatic carbocycles. The van der Waals surface area contributed by atoms with Crippen LogP contribution in [0.15, 0.2) is 42.5 Å². The number of hydrogen-bond donors (Lipinski definition) is 1. The van der Waals surface area contributed by atoms with Gasteiger partial charge in [-0.15, -0.1) is 0 Å². The quantitative estimate of drug-likeness (QED) is 0.510. The number of benzene rings is 2. The number of rotatable bonds is 5. The van der Waals surface area contributed by atoms with Gasteiger partial charge in [0.15, 0.2) is 6.10 Å². The van der Waals surface area contributed by atoms with Gasteiger partial charge in [0.05, 0.1) is 4.92 Å². The number of nitro groups is 1. The Morgan fingerprint density at radius 1 is 1.16 bits per heavy atom. The van der Waals surface area contributed by atoms with Crippen LogP contribution in [0.3, 0.4) is 0 Å². The van der Waals surface area contributed by atoms with E-state index in [1.807, 2.05) is 32.0 Å². The van der Waals surface area contributed by atoms with Crippen LogP contribution >= 0.6 is 0 Å². The SMILES string of the molecule is Cc1ccc(C)c(NC(=O)[C@@H](C)OC(=O)c2ccccc2[N+](=O)[O-])c1. The van der Waals surface area contributed by atoms with Crippen molar-refractivity contribution >= 4 is 23.3 Å². The number of hydrogen-bond acceptors (Lipinski definition) is 5. The molecule has 0 aliphatic carbocycles. The number of carbonyl (C=O) groups excluding carboxylic acids is 2. The van der Waals surface area contributed by atoms with Crippen molar-refractivity contribution in [1.82, 2.24) is 0 Å². The Bertz CT molecular complexity index is 832. The van der Waals surface area contributed by atoms with E-state index in [4.69, 9.17) is 4.74 Å². The normalized spacial score (nSPS) is 11.5. The molecule has 0 saturated carbocycles. The van der Waals surface area contributed by atoms with Crippen LogP contribution in [0.5, 0.6) is 0 Å². The molecule has 0 saturated heterocycles. The van der Waals surface area contributed by atoms with Crippen molar-refractivity contribution in [3.8, 4) is 0 Å². The molecule has 0 unspecified atom stereocenters. The van der Waals surface area contributed by atoms with Crippen molar-refractivity contribution in [2.45, 2.75) is 26.9 Å². The molecule has 1 amide bonds. The zero-order valence-corrected chi connectivity index (χ0v) is 14.1. The monoisotopic (exact) mass is 342 g/mol. The van der Waals surface area contributed by atoms with Crippen molar-refractivity contribution in [2.75, 3.05) is 5.32 Å². The first-order valence-electron chi connectivity index (χ1n) is 7.62. The third-order valence-electron chi connectivity index (χ3n) is 3.62. The largest absolute Gasteiger partial charge is 0.449 e. The van der Waals surface area contributed by atoms with Crippen molar-refractivity contribution in [2.24, 2.45) is 0 Å². The van der Waals surface area contributed by atoms with Crippen LogP contribution < -0.4 is 5.32 Å². The van der Waals surface area contributed by atoms with Gasteiger partial charge >= 0.3 is 5.97 Å². The van der Waals surface area contributed by atoms with Crippen LogP contribution in [-0.2, 0) is 9.53 Å². The zero-order chi connectivity index (χ0) is 18.6. The van der Waals surface area contributed by atoms with Crippen LogP contribution in [0, 0.1) is 24.0 Å². The van der Waals surface area contributed by atoms with E-state index in [0.29, 0.717) is 5.69 Å². The number of nitrogens with one attached hydrogen (secondary N) is 1. The molecule has 0 aliphatic heterocycles. The van der Waals surface area contributed by atoms with Gasteiger partial charge in [-0.05, 0) is 44.0 Å². The van der Waals surface area contributed by atoms with E-state index in [-0.39, 0.29) is 11.3 Å². The highest BCUT2D eigenvalue weighted by atomic mass is 16.6. The second kappa shape index (κ2) is 7.57. The summed E-state index contributed by atoms with van der Waals surface area (Å²) in [6.07, 6.45) is -1.10. The van der Waals surface area contributed by atoms with E-state index >= 15 is 0 Å². The molecule has 0 heterocycles. The molecule has 25 heavy (non-hydrogen) atoms. The van der Waals surface area contributed by atoms with E-state index in [0.717, 1.165) is 11.1 Å². The van der Waals surface area contributed by atoms with Gasteiger partial charge in [0.2, 0.25) is 0 Å². The average Bonchev–Trinajstić information content (AvgIpc) is 2.57. The molecule has 2 aromatic rings. The average molecular weight is 342 g/mol. The third kappa shape index (κ3) is 4.41. The summed E-state index contributed by atoms with van der Waals surface area (Å²) in [6.45, 7) is 5.15. The maximum absolute atomic E-state index is 12.2. The number of aryl methyl sites for hydroxylation is 2. The minimum Gasteiger partial charge on any atom is -0.449 e. The van der Waals surface area contributed by atoms with Crippen LogP contribution in [0.4, 0.5) is 11.4 Å². The maximum Gasteiger partial charge on any atom is 0.345 e. The molecular formula is C18H18N2O5. The molecule has 7 nitrogen and oxygen atoms in total. The molecule has 0 aromatic heterocycles. The predicted octanol–water partition coefficient (Wildman–Crippen LogP) is 3.40. The summed E-state index contributed by atoms with van der Waals surface area (Å²) in [5.41, 5.74) is 1.91. The highest BCUT2D eigenvalue weighted by molar-refractivity contribution is 5.99. The Balaban J connectivity index is 2.10. The highest BCUT2D eigenvalue weighted by Gasteiger charge is 2.25. The lowest BCUT2D eigenvalue weighted by atomic mass is 10.1. The Kier molecular flexibility index (Phi) is 5.49. The first-order chi connectivity index (χ1) is 11.8. The van der Waals surface area contributed by atoms with Crippen LogP contribution in [0.25, 0.3) is 0 Å². The second-order valence-corrected chi connectivity index (χ2v) is 5.63. The number of carbonyl (C=O) groups is 2. The molecule has 0 radical (unpaired) electrons. The molecule has 0 spiro atoms. The number of nitro benzene ring substituents is 1. The summed E-state index contributed by atoms with van der Waals surface area (Å²) in [6, 6.07) is 11.0. The Morgan fingerprint density at radius 3 is 2.52 bits per heavy atom. The molecule has 1 N–H and O–H groups in total. The number of anilines is 1. The van der Waals surface area contributed by atoms with E-state index in [9.17, 15) is 19.7 Å². The molecule has 2 rings (SSSR count). The predicted molar refractivity (Wildman–Crippen MR) is 92.5 cm³/mol. The van der Waals surface area contributed by atoms with Gasteiger partial charge in [-0.2, -0.15) is 0 Å². The minimum atomic E-state index is -1.10. The first-order valence-corrected chi connectivity index (χ1v) is 7.62. The van der Waals surface area contributed by atoms with Crippen molar-refractivity contribution in [3.63, 3.8) is 0 Å². The molecule has 0 fully saturated rings. The fourth-order valence-corrected chi connectivity index (χ4v) is 2.19. The number of esters is 1. The van der Waals surface area contributed by atoms with Gasteiger partial charge in [-0.25, -0.2) is 4.79 Å². The zero-order valence-electron chi connectivity index (χ0n) is 14.1. The van der Waals surface area contributed by atoms with E-state index < -0.39 is 22.9 Å². The summed E-state index contributed by atoms with van der Waals surface area (Å²) >= 11 is 0. The number of amides is 1. The lowest BCUT2D eigenvalue weighted by molar-refractivity contribution is -0.385. The third-order valence-corrected chi connectivity index (χ3v) is 3.62. The van der Waals surface area contributed by atoms with Crippen LogP contribution in [0.1, 0.15) is 28.4 Å². The van der Waals surface area contributed by atoms with Gasteiger partial charge in [-0.1, -0.05) is 24.3 Å². The molecule has 130 valence electrons. The first kappa shape index (κ1) is 18.1. The molecule has 0 bridgehead atoms. The van der Waals surface area contributed by atoms with E-state index in [1.165, 1.54) is 31.2 Å². The van der Waals surface area contributed by atoms with Gasteiger partial charge in [0, 0.05) is 11.8 Å². The second-order valence-electron chi connectivity index (χ2n) is 5.63. The van der Waals surface area contributed by atoms with Crippen LogP contribution in [0.2, 0.25) is 0 Å². The summed E-state index contributed by atoms with van der Waals surface area (Å²) in [5.74, 6) is -1.43. The molecule has 0 aliphatic rings. The number of para-hydroxylation sites is 1. The fraction of sp³-hybridized carbons (Fsp3) is 0.222. The maximum atomic E-state index is 12.2. The highest BCUT2D eigenvalue weighted by Crippen LogP contribution is 2.20. The number of ether oxygens (including phenoxy) is 1. The Morgan fingerprint density at radius 2 is 1.84 bits per heavy atom. The van der Waals surface area contributed by atoms with Gasteiger partial charge < -0.3 is 10.1 Å². The van der Waals surface area contributed by atoms with Crippen LogP contribution in [-0.4, -0.2) is 22.9 Å². The standard InChI is InChI=1S/C18H18N2O5/c1-11-8-9-12(2)15(10-11)19-17(21)13(3)25-18(22)14-6-4-5-7-16(14)20(23)24/h4-10,13H,1-3H3,(H,19,21)/t13-/m1/s1. The lowest BCUT2D eigenvalue weighted by Gasteiger charge is -2.15. The number of nitrogens with zero attached hydrogens (tertiary/aromatic N) is 1. The summed E-state index contributed by atoms with van der Waals surface area (Å²) in [4.78, 5) is 34.7. The lowest BCUT2D eigenvalue weighted by Crippen LogP contribution is -2.30. The van der Waals surface area contributed by atoms with E-state index in [2.05, 4.69) is 5.32 Å². The molecule has 7 heteroatoms. The van der Waals surface area contributed by atoms with Gasteiger partial charge in [0.1, 0.15) is 5.56 Å². The Hall–Kier alpha value is -3.22. The van der Waals surface area contributed by atoms with Crippen molar-refractivity contribution in [3.05, 3.63) is 69.3 Å². The summed E-state index contributed by atoms with van der Waals surface area (Å²) in [7, 11) is 0. The topological polar surface area (TPSA) is 98.5 Å². The van der Waals surface area contributed by atoms with Gasteiger partial charge in [-0.3, -0.25) is 14.9 Å².